The lowest BCUT2D eigenvalue weighted by Gasteiger charge is -2.25. The molecule has 1 aliphatic carbocycles. The second-order valence-electron chi connectivity index (χ2n) is 4.88. The molecule has 0 saturated heterocycles. The summed E-state index contributed by atoms with van der Waals surface area (Å²) < 4.78 is 0. The number of anilines is 3. The first-order valence-electron chi connectivity index (χ1n) is 7.19. The predicted molar refractivity (Wildman–Crippen MR) is 78.8 cm³/mol. The molecule has 6 heteroatoms. The molecule has 19 heavy (non-hydrogen) atoms. The number of hydrogen-bond donors (Lipinski definition) is 2. The molecule has 0 bridgehead atoms. The van der Waals surface area contributed by atoms with Gasteiger partial charge in [0.25, 0.3) is 0 Å². The first-order valence-corrected chi connectivity index (χ1v) is 7.19. The lowest BCUT2D eigenvalue weighted by molar-refractivity contribution is 0.333. The smallest absolute Gasteiger partial charge is 0.231 e. The molecule has 2 rings (SSSR count). The molecule has 0 aromatic carbocycles. The average molecular weight is 264 g/mol. The first-order chi connectivity index (χ1) is 9.26. The second kappa shape index (κ2) is 6.54. The van der Waals surface area contributed by atoms with Crippen molar-refractivity contribution in [1.82, 2.24) is 15.0 Å². The molecular weight excluding hydrogens is 240 g/mol. The van der Waals surface area contributed by atoms with Crippen LogP contribution in [0, 0.1) is 5.92 Å². The van der Waals surface area contributed by atoms with E-state index < -0.39 is 0 Å². The standard InChI is InChI=1S/C13H24N6/c1-4-19(5-2)13-17-11(14-3)16-12(18-13)15-9-10-7-6-8-10/h10H,4-9H2,1-3H3,(H2,14,15,16,17,18). The van der Waals surface area contributed by atoms with E-state index in [4.69, 9.17) is 0 Å². The Labute approximate surface area is 115 Å². The zero-order valence-corrected chi connectivity index (χ0v) is 12.1. The van der Waals surface area contributed by atoms with E-state index in [9.17, 15) is 0 Å². The van der Waals surface area contributed by atoms with E-state index in [1.54, 1.807) is 0 Å². The molecule has 0 radical (unpaired) electrons. The van der Waals surface area contributed by atoms with Crippen LogP contribution in [0.15, 0.2) is 0 Å². The third kappa shape index (κ3) is 3.45. The van der Waals surface area contributed by atoms with E-state index in [0.29, 0.717) is 11.9 Å². The number of aromatic nitrogens is 3. The monoisotopic (exact) mass is 264 g/mol. The molecule has 0 unspecified atom stereocenters. The van der Waals surface area contributed by atoms with Crippen molar-refractivity contribution in [1.29, 1.82) is 0 Å². The van der Waals surface area contributed by atoms with Gasteiger partial charge < -0.3 is 15.5 Å². The van der Waals surface area contributed by atoms with Gasteiger partial charge >= 0.3 is 0 Å². The van der Waals surface area contributed by atoms with Crippen LogP contribution >= 0.6 is 0 Å². The van der Waals surface area contributed by atoms with Gasteiger partial charge in [0.2, 0.25) is 17.8 Å². The fourth-order valence-corrected chi connectivity index (χ4v) is 2.14. The summed E-state index contributed by atoms with van der Waals surface area (Å²) in [5.74, 6) is 2.81. The summed E-state index contributed by atoms with van der Waals surface area (Å²) in [6.07, 6.45) is 4.00. The molecule has 0 aliphatic heterocycles. The Hall–Kier alpha value is -1.59. The van der Waals surface area contributed by atoms with Crippen LogP contribution < -0.4 is 15.5 Å². The fraction of sp³-hybridized carbons (Fsp3) is 0.769. The minimum absolute atomic E-state index is 0.619. The Morgan fingerprint density at radius 1 is 1.11 bits per heavy atom. The first kappa shape index (κ1) is 13.8. The lowest BCUT2D eigenvalue weighted by atomic mass is 9.85. The molecule has 1 fully saturated rings. The van der Waals surface area contributed by atoms with Gasteiger partial charge in [-0.1, -0.05) is 6.42 Å². The van der Waals surface area contributed by atoms with Gasteiger partial charge in [-0.15, -0.1) is 0 Å². The van der Waals surface area contributed by atoms with Crippen molar-refractivity contribution in [2.45, 2.75) is 33.1 Å². The lowest BCUT2D eigenvalue weighted by Crippen LogP contribution is -2.26. The Morgan fingerprint density at radius 3 is 2.32 bits per heavy atom. The van der Waals surface area contributed by atoms with Crippen molar-refractivity contribution in [3.63, 3.8) is 0 Å². The zero-order chi connectivity index (χ0) is 13.7. The van der Waals surface area contributed by atoms with Gasteiger partial charge in [0.15, 0.2) is 0 Å². The van der Waals surface area contributed by atoms with Crippen LogP contribution in [0.4, 0.5) is 17.8 Å². The van der Waals surface area contributed by atoms with Crippen LogP contribution in [0.5, 0.6) is 0 Å². The molecule has 1 aliphatic rings. The van der Waals surface area contributed by atoms with Gasteiger partial charge in [-0.3, -0.25) is 0 Å². The Morgan fingerprint density at radius 2 is 1.79 bits per heavy atom. The van der Waals surface area contributed by atoms with Gasteiger partial charge in [0.1, 0.15) is 0 Å². The average Bonchev–Trinajstić information content (AvgIpc) is 2.38. The minimum Gasteiger partial charge on any atom is -0.357 e. The number of nitrogens with one attached hydrogen (secondary N) is 2. The molecular formula is C13H24N6. The van der Waals surface area contributed by atoms with E-state index in [1.807, 2.05) is 7.05 Å². The molecule has 1 saturated carbocycles. The highest BCUT2D eigenvalue weighted by Gasteiger charge is 2.18. The van der Waals surface area contributed by atoms with Crippen LogP contribution in [0.25, 0.3) is 0 Å². The highest BCUT2D eigenvalue weighted by molar-refractivity contribution is 5.43. The van der Waals surface area contributed by atoms with Crippen molar-refractivity contribution < 1.29 is 0 Å². The van der Waals surface area contributed by atoms with Crippen molar-refractivity contribution in [2.75, 3.05) is 42.2 Å². The van der Waals surface area contributed by atoms with Gasteiger partial charge in [0.05, 0.1) is 0 Å². The molecule has 0 atom stereocenters. The maximum atomic E-state index is 4.51. The van der Waals surface area contributed by atoms with Gasteiger partial charge in [0, 0.05) is 26.7 Å². The molecule has 0 amide bonds. The molecule has 1 aromatic heterocycles. The van der Waals surface area contributed by atoms with Crippen molar-refractivity contribution >= 4 is 17.8 Å². The third-order valence-electron chi connectivity index (χ3n) is 3.67. The summed E-state index contributed by atoms with van der Waals surface area (Å²) >= 11 is 0. The van der Waals surface area contributed by atoms with Crippen molar-refractivity contribution in [3.05, 3.63) is 0 Å². The predicted octanol–water partition coefficient (Wildman–Crippen LogP) is 1.97. The Balaban J connectivity index is 2.09. The van der Waals surface area contributed by atoms with Crippen LogP contribution in [-0.2, 0) is 0 Å². The largest absolute Gasteiger partial charge is 0.357 e. The normalized spacial score (nSPS) is 14.9. The summed E-state index contributed by atoms with van der Waals surface area (Å²) in [4.78, 5) is 15.4. The van der Waals surface area contributed by atoms with Gasteiger partial charge in [-0.25, -0.2) is 0 Å². The molecule has 106 valence electrons. The van der Waals surface area contributed by atoms with E-state index in [-0.39, 0.29) is 0 Å². The Kier molecular flexibility index (Phi) is 4.76. The van der Waals surface area contributed by atoms with Crippen LogP contribution in [0.1, 0.15) is 33.1 Å². The van der Waals surface area contributed by atoms with E-state index >= 15 is 0 Å². The van der Waals surface area contributed by atoms with Crippen LogP contribution in [0.3, 0.4) is 0 Å². The Bertz CT molecular complexity index is 400. The molecule has 0 spiro atoms. The summed E-state index contributed by atoms with van der Waals surface area (Å²) in [6, 6.07) is 0. The van der Waals surface area contributed by atoms with E-state index in [0.717, 1.165) is 31.5 Å². The highest BCUT2D eigenvalue weighted by atomic mass is 15.3. The SMILES string of the molecule is CCN(CC)c1nc(NC)nc(NCC2CCC2)n1. The quantitative estimate of drug-likeness (QED) is 0.785. The number of nitrogens with zero attached hydrogens (tertiary/aromatic N) is 4. The minimum atomic E-state index is 0.619. The van der Waals surface area contributed by atoms with E-state index in [2.05, 4.69) is 44.3 Å². The zero-order valence-electron chi connectivity index (χ0n) is 12.1. The maximum Gasteiger partial charge on any atom is 0.231 e. The molecule has 6 nitrogen and oxygen atoms in total. The second-order valence-corrected chi connectivity index (χ2v) is 4.88. The fourth-order valence-electron chi connectivity index (χ4n) is 2.14. The molecule has 1 aromatic rings. The highest BCUT2D eigenvalue weighted by Crippen LogP contribution is 2.26. The van der Waals surface area contributed by atoms with E-state index in [1.165, 1.54) is 19.3 Å². The van der Waals surface area contributed by atoms with Crippen molar-refractivity contribution in [3.8, 4) is 0 Å². The topological polar surface area (TPSA) is 66.0 Å². The molecule has 2 N–H and O–H groups in total. The maximum absolute atomic E-state index is 4.51. The van der Waals surface area contributed by atoms with Crippen LogP contribution in [0.2, 0.25) is 0 Å². The third-order valence-corrected chi connectivity index (χ3v) is 3.67. The summed E-state index contributed by atoms with van der Waals surface area (Å²) in [5, 5.41) is 6.33. The summed E-state index contributed by atoms with van der Waals surface area (Å²) in [6.45, 7) is 6.96. The van der Waals surface area contributed by atoms with Crippen molar-refractivity contribution in [2.24, 2.45) is 5.92 Å². The van der Waals surface area contributed by atoms with Crippen LogP contribution in [-0.4, -0.2) is 41.6 Å². The molecule has 1 heterocycles. The summed E-state index contributed by atoms with van der Waals surface area (Å²) in [5.41, 5.74) is 0. The van der Waals surface area contributed by atoms with Gasteiger partial charge in [-0.05, 0) is 32.6 Å². The number of rotatable bonds is 7. The number of hydrogen-bond acceptors (Lipinski definition) is 6. The summed E-state index contributed by atoms with van der Waals surface area (Å²) in [7, 11) is 1.83. The van der Waals surface area contributed by atoms with Gasteiger partial charge in [-0.2, -0.15) is 15.0 Å².